The number of hydrogen-bond acceptors (Lipinski definition) is 7. The van der Waals surface area contributed by atoms with Crippen LogP contribution in [-0.4, -0.2) is 61.3 Å². The highest BCUT2D eigenvalue weighted by molar-refractivity contribution is 6.43. The Labute approximate surface area is 212 Å². The van der Waals surface area contributed by atoms with Crippen molar-refractivity contribution >= 4 is 52.4 Å². The van der Waals surface area contributed by atoms with E-state index < -0.39 is 23.3 Å². The minimum atomic E-state index is -1.29. The minimum absolute atomic E-state index is 0.0984. The van der Waals surface area contributed by atoms with Gasteiger partial charge in [0.1, 0.15) is 22.6 Å². The maximum absolute atomic E-state index is 12.2. The fourth-order valence-electron chi connectivity index (χ4n) is 3.94. The molecule has 3 heterocycles. The molecule has 2 aromatic heterocycles. The number of carbonyl (C=O) groups is 2. The van der Waals surface area contributed by atoms with Crippen LogP contribution in [0.15, 0.2) is 24.4 Å². The number of aromatic nitrogens is 4. The van der Waals surface area contributed by atoms with Gasteiger partial charge in [0, 0.05) is 24.2 Å². The Morgan fingerprint density at radius 3 is 2.51 bits per heavy atom. The van der Waals surface area contributed by atoms with Crippen LogP contribution in [0.1, 0.15) is 40.5 Å². The highest BCUT2D eigenvalue weighted by Gasteiger charge is 2.34. The third kappa shape index (κ3) is 5.28. The van der Waals surface area contributed by atoms with Crippen LogP contribution >= 0.6 is 23.2 Å². The summed E-state index contributed by atoms with van der Waals surface area (Å²) in [5.74, 6) is 0.517. The van der Waals surface area contributed by atoms with Crippen LogP contribution in [-0.2, 0) is 4.74 Å². The summed E-state index contributed by atoms with van der Waals surface area (Å²) in [5.41, 5.74) is 0.133. The van der Waals surface area contributed by atoms with Crippen molar-refractivity contribution in [3.63, 3.8) is 0 Å². The maximum atomic E-state index is 12.2. The standard InChI is InChI=1S/C23H26Cl2N6O4/c1-22(2,3)35-20(32)28-23(4)8-10-30(11-9-23)15-12-26-18-17(13-6-5-7-14(24)16(13)25)29-31(21(33)34)19(18)27-15/h5-7,12H,8-11H2,1-4H3,(H,28,32)(H,33,34). The second-order valence-corrected chi connectivity index (χ2v) is 10.5. The molecule has 1 fully saturated rings. The molecule has 3 aromatic rings. The summed E-state index contributed by atoms with van der Waals surface area (Å²) in [5, 5.41) is 17.5. The molecule has 1 aromatic carbocycles. The molecule has 0 atom stereocenters. The highest BCUT2D eigenvalue weighted by Crippen LogP contribution is 2.36. The van der Waals surface area contributed by atoms with Crippen molar-refractivity contribution < 1.29 is 19.4 Å². The Bertz CT molecular complexity index is 1300. The molecule has 1 aliphatic heterocycles. The second-order valence-electron chi connectivity index (χ2n) is 9.72. The summed E-state index contributed by atoms with van der Waals surface area (Å²) in [4.78, 5) is 35.2. The van der Waals surface area contributed by atoms with Gasteiger partial charge in [0.25, 0.3) is 0 Å². The predicted octanol–water partition coefficient (Wildman–Crippen LogP) is 5.21. The van der Waals surface area contributed by atoms with E-state index in [1.165, 1.54) is 0 Å². The third-order valence-electron chi connectivity index (χ3n) is 5.75. The Hall–Kier alpha value is -3.11. The molecule has 1 aliphatic rings. The van der Waals surface area contributed by atoms with E-state index in [1.807, 2.05) is 32.6 Å². The van der Waals surface area contributed by atoms with E-state index in [2.05, 4.69) is 20.4 Å². The van der Waals surface area contributed by atoms with Crippen molar-refractivity contribution in [2.75, 3.05) is 18.0 Å². The molecule has 186 valence electrons. The summed E-state index contributed by atoms with van der Waals surface area (Å²) < 4.78 is 6.17. The van der Waals surface area contributed by atoms with Gasteiger partial charge in [0.05, 0.1) is 16.2 Å². The van der Waals surface area contributed by atoms with Crippen molar-refractivity contribution in [3.8, 4) is 11.3 Å². The number of halogens is 2. The molecular weight excluding hydrogens is 495 g/mol. The Balaban J connectivity index is 1.59. The second kappa shape index (κ2) is 9.16. The third-order valence-corrected chi connectivity index (χ3v) is 6.57. The fraction of sp³-hybridized carbons (Fsp3) is 0.435. The van der Waals surface area contributed by atoms with E-state index in [4.69, 9.17) is 27.9 Å². The molecule has 2 N–H and O–H groups in total. The van der Waals surface area contributed by atoms with E-state index in [0.717, 1.165) is 4.68 Å². The zero-order valence-corrected chi connectivity index (χ0v) is 21.3. The van der Waals surface area contributed by atoms with E-state index in [-0.39, 0.29) is 16.4 Å². The molecule has 0 radical (unpaired) electrons. The van der Waals surface area contributed by atoms with Crippen LogP contribution in [0.25, 0.3) is 22.4 Å². The van der Waals surface area contributed by atoms with Crippen LogP contribution < -0.4 is 10.2 Å². The number of fused-ring (bicyclic) bond motifs is 1. The number of carbonyl (C=O) groups excluding carboxylic acids is 1. The molecular formula is C23H26Cl2N6O4. The van der Waals surface area contributed by atoms with Crippen molar-refractivity contribution in [2.24, 2.45) is 0 Å². The van der Waals surface area contributed by atoms with Gasteiger partial charge >= 0.3 is 12.2 Å². The number of piperidine rings is 1. The number of nitrogens with zero attached hydrogens (tertiary/aromatic N) is 5. The van der Waals surface area contributed by atoms with E-state index >= 15 is 0 Å². The lowest BCUT2D eigenvalue weighted by atomic mass is 9.90. The van der Waals surface area contributed by atoms with Crippen molar-refractivity contribution in [2.45, 2.75) is 51.7 Å². The molecule has 0 spiro atoms. The number of ether oxygens (including phenoxy) is 1. The monoisotopic (exact) mass is 520 g/mol. The highest BCUT2D eigenvalue weighted by atomic mass is 35.5. The molecule has 10 nitrogen and oxygen atoms in total. The van der Waals surface area contributed by atoms with Gasteiger partial charge in [-0.3, -0.25) is 0 Å². The van der Waals surface area contributed by atoms with Gasteiger partial charge in [-0.2, -0.15) is 5.10 Å². The molecule has 0 saturated carbocycles. The quantitative estimate of drug-likeness (QED) is 0.482. The van der Waals surface area contributed by atoms with Gasteiger partial charge in [-0.25, -0.2) is 19.6 Å². The Morgan fingerprint density at radius 1 is 1.20 bits per heavy atom. The predicted molar refractivity (Wildman–Crippen MR) is 133 cm³/mol. The number of carboxylic acid groups (broad SMARTS) is 1. The van der Waals surface area contributed by atoms with Crippen LogP contribution in [0.3, 0.4) is 0 Å². The normalized spacial score (nSPS) is 15.8. The molecule has 1 amide bonds. The topological polar surface area (TPSA) is 122 Å². The van der Waals surface area contributed by atoms with Gasteiger partial charge in [-0.15, -0.1) is 4.68 Å². The number of amides is 1. The molecule has 12 heteroatoms. The largest absolute Gasteiger partial charge is 0.463 e. The SMILES string of the molecule is CC1(NC(=O)OC(C)(C)C)CCN(c2cnc3c(-c4cccc(Cl)c4Cl)nn(C(=O)O)c3n2)CC1. The number of alkyl carbamates (subject to hydrolysis) is 1. The lowest BCUT2D eigenvalue weighted by Gasteiger charge is -2.40. The van der Waals surface area contributed by atoms with Crippen LogP contribution in [0, 0.1) is 0 Å². The van der Waals surface area contributed by atoms with E-state index in [1.54, 1.807) is 24.4 Å². The first kappa shape index (κ1) is 25.0. The first-order valence-corrected chi connectivity index (χ1v) is 11.8. The zero-order chi connectivity index (χ0) is 25.5. The average Bonchev–Trinajstić information content (AvgIpc) is 3.13. The van der Waals surface area contributed by atoms with Gasteiger partial charge in [0.2, 0.25) is 0 Å². The summed E-state index contributed by atoms with van der Waals surface area (Å²) >= 11 is 12.5. The Morgan fingerprint density at radius 2 is 1.89 bits per heavy atom. The van der Waals surface area contributed by atoms with E-state index in [0.29, 0.717) is 47.9 Å². The molecule has 0 unspecified atom stereocenters. The minimum Gasteiger partial charge on any atom is -0.463 e. The number of rotatable bonds is 3. The molecule has 0 bridgehead atoms. The van der Waals surface area contributed by atoms with Gasteiger partial charge in [0.15, 0.2) is 5.65 Å². The van der Waals surface area contributed by atoms with Crippen LogP contribution in [0.2, 0.25) is 10.0 Å². The fourth-order valence-corrected chi connectivity index (χ4v) is 4.33. The van der Waals surface area contributed by atoms with Gasteiger partial charge in [-0.05, 0) is 46.6 Å². The smallest absolute Gasteiger partial charge is 0.434 e. The Kier molecular flexibility index (Phi) is 6.54. The van der Waals surface area contributed by atoms with Crippen LogP contribution in [0.4, 0.5) is 15.4 Å². The number of anilines is 1. The number of benzene rings is 1. The lowest BCUT2D eigenvalue weighted by molar-refractivity contribution is 0.0448. The average molecular weight is 521 g/mol. The molecule has 0 aliphatic carbocycles. The summed E-state index contributed by atoms with van der Waals surface area (Å²) in [6, 6.07) is 5.03. The first-order chi connectivity index (χ1) is 16.4. The van der Waals surface area contributed by atoms with Crippen molar-refractivity contribution in [1.29, 1.82) is 0 Å². The summed E-state index contributed by atoms with van der Waals surface area (Å²) in [6.07, 6.45) is 1.13. The molecule has 1 saturated heterocycles. The summed E-state index contributed by atoms with van der Waals surface area (Å²) in [7, 11) is 0. The van der Waals surface area contributed by atoms with Crippen LogP contribution in [0.5, 0.6) is 0 Å². The van der Waals surface area contributed by atoms with E-state index in [9.17, 15) is 14.7 Å². The number of nitrogens with one attached hydrogen (secondary N) is 1. The van der Waals surface area contributed by atoms with Gasteiger partial charge < -0.3 is 20.1 Å². The summed E-state index contributed by atoms with van der Waals surface area (Å²) in [6.45, 7) is 8.60. The van der Waals surface area contributed by atoms with Gasteiger partial charge in [-0.1, -0.05) is 35.3 Å². The molecule has 35 heavy (non-hydrogen) atoms. The van der Waals surface area contributed by atoms with Crippen molar-refractivity contribution in [3.05, 3.63) is 34.4 Å². The zero-order valence-electron chi connectivity index (χ0n) is 19.8. The first-order valence-electron chi connectivity index (χ1n) is 11.1. The number of hydrogen-bond donors (Lipinski definition) is 2. The van der Waals surface area contributed by atoms with Crippen molar-refractivity contribution in [1.82, 2.24) is 25.1 Å². The maximum Gasteiger partial charge on any atom is 0.434 e. The molecule has 4 rings (SSSR count). The lowest BCUT2D eigenvalue weighted by Crippen LogP contribution is -2.54.